The van der Waals surface area contributed by atoms with Crippen molar-refractivity contribution in [1.29, 1.82) is 0 Å². The van der Waals surface area contributed by atoms with Gasteiger partial charge in [0.15, 0.2) is 0 Å². The van der Waals surface area contributed by atoms with Gasteiger partial charge in [-0.2, -0.15) is 0 Å². The van der Waals surface area contributed by atoms with Crippen LogP contribution in [-0.2, 0) is 4.79 Å². The number of carbonyl (C=O) groups is 1. The Kier molecular flexibility index (Phi) is 5.20. The van der Waals surface area contributed by atoms with Gasteiger partial charge < -0.3 is 5.32 Å². The summed E-state index contributed by atoms with van der Waals surface area (Å²) in [5, 5.41) is 2.49. The molecule has 1 rings (SSSR count). The quantitative estimate of drug-likeness (QED) is 0.702. The lowest BCUT2D eigenvalue weighted by atomic mass is 10.2. The highest BCUT2D eigenvalue weighted by Gasteiger charge is 2.21. The number of amides is 1. The lowest BCUT2D eigenvalue weighted by molar-refractivity contribution is -0.115. The highest BCUT2D eigenvalue weighted by molar-refractivity contribution is 5.93. The van der Waals surface area contributed by atoms with Crippen molar-refractivity contribution in [3.05, 3.63) is 0 Å². The van der Waals surface area contributed by atoms with Crippen LogP contribution < -0.4 is 5.32 Å². The molecule has 0 bridgehead atoms. The molecular formula is C12H20N2O. The van der Waals surface area contributed by atoms with E-state index in [1.54, 1.807) is 7.05 Å². The second-order valence-corrected chi connectivity index (χ2v) is 3.87. The van der Waals surface area contributed by atoms with Crippen LogP contribution in [0.25, 0.3) is 0 Å². The predicted molar refractivity (Wildman–Crippen MR) is 61.3 cm³/mol. The van der Waals surface area contributed by atoms with Crippen LogP contribution >= 0.6 is 0 Å². The molecule has 0 spiro atoms. The summed E-state index contributed by atoms with van der Waals surface area (Å²) in [6.45, 7) is 4.43. The van der Waals surface area contributed by atoms with E-state index >= 15 is 0 Å². The van der Waals surface area contributed by atoms with Gasteiger partial charge in [-0.1, -0.05) is 12.8 Å². The average molecular weight is 208 g/mol. The first kappa shape index (κ1) is 12.1. The van der Waals surface area contributed by atoms with Crippen LogP contribution in [-0.4, -0.2) is 37.0 Å². The number of hydrogen-bond donors (Lipinski definition) is 1. The van der Waals surface area contributed by atoms with Crippen molar-refractivity contribution in [2.24, 2.45) is 0 Å². The van der Waals surface area contributed by atoms with Gasteiger partial charge in [-0.3, -0.25) is 9.69 Å². The van der Waals surface area contributed by atoms with Crippen molar-refractivity contribution in [2.45, 2.75) is 38.6 Å². The molecule has 0 aromatic carbocycles. The van der Waals surface area contributed by atoms with E-state index in [0.717, 1.165) is 19.0 Å². The van der Waals surface area contributed by atoms with E-state index in [1.807, 2.05) is 0 Å². The first-order chi connectivity index (χ1) is 7.27. The van der Waals surface area contributed by atoms with Crippen LogP contribution in [0, 0.1) is 11.8 Å². The third kappa shape index (κ3) is 3.93. The van der Waals surface area contributed by atoms with Crippen LogP contribution in [0.15, 0.2) is 0 Å². The molecule has 0 aromatic heterocycles. The number of nitrogens with one attached hydrogen (secondary N) is 1. The Labute approximate surface area is 92.2 Å². The molecule has 1 amide bonds. The van der Waals surface area contributed by atoms with E-state index < -0.39 is 0 Å². The second kappa shape index (κ2) is 6.47. The molecule has 3 heteroatoms. The molecule has 1 fully saturated rings. The van der Waals surface area contributed by atoms with Gasteiger partial charge in [-0.25, -0.2) is 0 Å². The molecule has 1 unspecified atom stereocenters. The summed E-state index contributed by atoms with van der Waals surface area (Å²) in [4.78, 5) is 13.3. The van der Waals surface area contributed by atoms with E-state index in [4.69, 9.17) is 0 Å². The van der Waals surface area contributed by atoms with Crippen LogP contribution in [0.4, 0.5) is 0 Å². The average Bonchev–Trinajstić information content (AvgIpc) is 2.71. The van der Waals surface area contributed by atoms with Crippen molar-refractivity contribution in [3.63, 3.8) is 0 Å². The summed E-state index contributed by atoms with van der Waals surface area (Å²) in [7, 11) is 1.60. The van der Waals surface area contributed by atoms with Gasteiger partial charge in [-0.15, -0.1) is 0 Å². The van der Waals surface area contributed by atoms with E-state index in [9.17, 15) is 4.79 Å². The van der Waals surface area contributed by atoms with Crippen LogP contribution in [0.1, 0.15) is 32.6 Å². The molecule has 0 aromatic rings. The molecule has 1 heterocycles. The molecule has 0 radical (unpaired) electrons. The first-order valence-electron chi connectivity index (χ1n) is 5.72. The normalized spacial score (nSPS) is 20.8. The molecule has 1 aliphatic rings. The highest BCUT2D eigenvalue weighted by atomic mass is 16.1. The lowest BCUT2D eigenvalue weighted by Gasteiger charge is -2.21. The van der Waals surface area contributed by atoms with Gasteiger partial charge in [0, 0.05) is 26.1 Å². The van der Waals surface area contributed by atoms with Crippen molar-refractivity contribution in [2.75, 3.05) is 20.1 Å². The van der Waals surface area contributed by atoms with E-state index in [0.29, 0.717) is 0 Å². The third-order valence-electron chi connectivity index (χ3n) is 2.92. The van der Waals surface area contributed by atoms with Crippen LogP contribution in [0.5, 0.6) is 0 Å². The van der Waals surface area contributed by atoms with Crippen LogP contribution in [0.3, 0.4) is 0 Å². The number of rotatable bonds is 3. The minimum atomic E-state index is -0.191. The molecular weight excluding hydrogens is 188 g/mol. The van der Waals surface area contributed by atoms with E-state index in [2.05, 4.69) is 29.0 Å². The molecule has 1 atom stereocenters. The number of hydrogen-bond acceptors (Lipinski definition) is 2. The summed E-state index contributed by atoms with van der Waals surface area (Å²) in [6.07, 6.45) is 4.65. The summed E-state index contributed by atoms with van der Waals surface area (Å²) < 4.78 is 0. The zero-order valence-electron chi connectivity index (χ0n) is 9.68. The van der Waals surface area contributed by atoms with Crippen molar-refractivity contribution in [3.8, 4) is 11.8 Å². The summed E-state index contributed by atoms with van der Waals surface area (Å²) in [5.74, 6) is 5.28. The van der Waals surface area contributed by atoms with Gasteiger partial charge in [0.2, 0.25) is 0 Å². The molecule has 1 aliphatic heterocycles. The highest BCUT2D eigenvalue weighted by Crippen LogP contribution is 2.19. The maximum Gasteiger partial charge on any atom is 0.295 e. The Bertz CT molecular complexity index is 265. The predicted octanol–water partition coefficient (Wildman–Crippen LogP) is 1.00. The van der Waals surface area contributed by atoms with E-state index in [1.165, 1.54) is 25.8 Å². The molecule has 0 aliphatic carbocycles. The van der Waals surface area contributed by atoms with Crippen molar-refractivity contribution < 1.29 is 4.79 Å². The molecule has 3 nitrogen and oxygen atoms in total. The fourth-order valence-electron chi connectivity index (χ4n) is 2.06. The lowest BCUT2D eigenvalue weighted by Crippen LogP contribution is -2.29. The fraction of sp³-hybridized carbons (Fsp3) is 0.750. The van der Waals surface area contributed by atoms with Gasteiger partial charge in [-0.05, 0) is 31.7 Å². The minimum Gasteiger partial charge on any atom is -0.348 e. The first-order valence-corrected chi connectivity index (χ1v) is 5.72. The number of carbonyl (C=O) groups excluding carboxylic acids is 1. The van der Waals surface area contributed by atoms with Gasteiger partial charge in [0.05, 0.1) is 0 Å². The second-order valence-electron chi connectivity index (χ2n) is 3.87. The molecule has 1 saturated heterocycles. The zero-order valence-corrected chi connectivity index (χ0v) is 9.68. The van der Waals surface area contributed by atoms with E-state index in [-0.39, 0.29) is 5.91 Å². The molecule has 1 N–H and O–H groups in total. The summed E-state index contributed by atoms with van der Waals surface area (Å²) in [5.41, 5.74) is 0. The standard InChI is InChI=1S/C12H20N2O/c1-3-11-7-6-10-14(11)9-5-4-8-12(15)13-2/h11H,3,5-7,9-10H2,1-2H3,(H,13,15). The van der Waals surface area contributed by atoms with Gasteiger partial charge >= 0.3 is 0 Å². The Morgan fingerprint density at radius 1 is 1.60 bits per heavy atom. The maximum absolute atomic E-state index is 10.8. The topological polar surface area (TPSA) is 32.3 Å². The Morgan fingerprint density at radius 3 is 3.07 bits per heavy atom. The zero-order chi connectivity index (χ0) is 11.1. The summed E-state index contributed by atoms with van der Waals surface area (Å²) in [6, 6.07) is 0.742. The molecule has 84 valence electrons. The van der Waals surface area contributed by atoms with Crippen LogP contribution in [0.2, 0.25) is 0 Å². The molecule has 15 heavy (non-hydrogen) atoms. The number of nitrogens with zero attached hydrogens (tertiary/aromatic N) is 1. The largest absolute Gasteiger partial charge is 0.348 e. The maximum atomic E-state index is 10.8. The smallest absolute Gasteiger partial charge is 0.295 e. The van der Waals surface area contributed by atoms with Gasteiger partial charge in [0.1, 0.15) is 0 Å². The minimum absolute atomic E-state index is 0.191. The molecule has 0 saturated carbocycles. The Morgan fingerprint density at radius 2 is 2.40 bits per heavy atom. The SMILES string of the molecule is CCC1CCCN1CCC#CC(=O)NC. The Balaban J connectivity index is 2.24. The van der Waals surface area contributed by atoms with Gasteiger partial charge in [0.25, 0.3) is 5.91 Å². The monoisotopic (exact) mass is 208 g/mol. The number of likely N-dealkylation sites (tertiary alicyclic amines) is 1. The fourth-order valence-corrected chi connectivity index (χ4v) is 2.06. The summed E-state index contributed by atoms with van der Waals surface area (Å²) >= 11 is 0. The van der Waals surface area contributed by atoms with Crippen molar-refractivity contribution in [1.82, 2.24) is 10.2 Å². The Hall–Kier alpha value is -1.01. The van der Waals surface area contributed by atoms with Crippen molar-refractivity contribution >= 4 is 5.91 Å². The third-order valence-corrected chi connectivity index (χ3v) is 2.92.